The Balaban J connectivity index is 1.71. The van der Waals surface area contributed by atoms with Gasteiger partial charge in [-0.2, -0.15) is 0 Å². The van der Waals surface area contributed by atoms with Gasteiger partial charge < -0.3 is 5.32 Å². The highest BCUT2D eigenvalue weighted by molar-refractivity contribution is 5.47. The van der Waals surface area contributed by atoms with Crippen molar-refractivity contribution in [2.45, 2.75) is 26.3 Å². The molecule has 3 rings (SSSR count). The summed E-state index contributed by atoms with van der Waals surface area (Å²) in [5, 5.41) is 22.3. The first-order chi connectivity index (χ1) is 10.1. The van der Waals surface area contributed by atoms with Gasteiger partial charge >= 0.3 is 0 Å². The van der Waals surface area contributed by atoms with Crippen LogP contribution in [0.25, 0.3) is 5.69 Å². The number of hydrogen-bond donors (Lipinski definition) is 1. The lowest BCUT2D eigenvalue weighted by molar-refractivity contribution is -0.384. The number of hydrogen-bond acceptors (Lipinski definition) is 5. The van der Waals surface area contributed by atoms with E-state index in [9.17, 15) is 10.1 Å². The standard InChI is InChI=1S/C14H17N5O2/c1-10-6-13(19(20)21)4-5-14(10)18-9-12(16-17-18)8-15-7-11-2-3-11/h4-6,9,11,15H,2-3,7-8H2,1H3. The Hall–Kier alpha value is -2.28. The number of rotatable bonds is 6. The molecule has 1 aliphatic carbocycles. The van der Waals surface area contributed by atoms with Crippen LogP contribution in [0, 0.1) is 23.0 Å². The van der Waals surface area contributed by atoms with Crippen molar-refractivity contribution in [1.82, 2.24) is 20.3 Å². The predicted molar refractivity (Wildman–Crippen MR) is 77.2 cm³/mol. The van der Waals surface area contributed by atoms with E-state index in [0.29, 0.717) is 6.54 Å². The fourth-order valence-corrected chi connectivity index (χ4v) is 2.23. The van der Waals surface area contributed by atoms with Gasteiger partial charge in [0, 0.05) is 18.7 Å². The first kappa shape index (κ1) is 13.7. The maximum absolute atomic E-state index is 10.7. The number of aryl methyl sites for hydroxylation is 1. The van der Waals surface area contributed by atoms with Gasteiger partial charge in [-0.25, -0.2) is 4.68 Å². The van der Waals surface area contributed by atoms with Crippen LogP contribution in [-0.4, -0.2) is 26.5 Å². The molecule has 0 bridgehead atoms. The number of nitro benzene ring substituents is 1. The maximum atomic E-state index is 10.7. The average molecular weight is 287 g/mol. The first-order valence-electron chi connectivity index (χ1n) is 7.01. The second-order valence-corrected chi connectivity index (χ2v) is 5.46. The van der Waals surface area contributed by atoms with Gasteiger partial charge in [0.15, 0.2) is 0 Å². The maximum Gasteiger partial charge on any atom is 0.269 e. The molecule has 110 valence electrons. The molecule has 0 saturated heterocycles. The van der Waals surface area contributed by atoms with Crippen LogP contribution < -0.4 is 5.32 Å². The summed E-state index contributed by atoms with van der Waals surface area (Å²) in [6.07, 6.45) is 4.50. The number of nitrogens with one attached hydrogen (secondary N) is 1. The van der Waals surface area contributed by atoms with Crippen LogP contribution in [-0.2, 0) is 6.54 Å². The molecule has 1 saturated carbocycles. The lowest BCUT2D eigenvalue weighted by atomic mass is 10.2. The van der Waals surface area contributed by atoms with Crippen LogP contribution in [0.3, 0.4) is 0 Å². The predicted octanol–water partition coefficient (Wildman–Crippen LogP) is 1.98. The summed E-state index contributed by atoms with van der Waals surface area (Å²) in [4.78, 5) is 10.3. The van der Waals surface area contributed by atoms with Crippen LogP contribution in [0.5, 0.6) is 0 Å². The van der Waals surface area contributed by atoms with E-state index < -0.39 is 4.92 Å². The Morgan fingerprint density at radius 1 is 1.48 bits per heavy atom. The quantitative estimate of drug-likeness (QED) is 0.648. The molecule has 0 amide bonds. The molecular weight excluding hydrogens is 270 g/mol. The number of nitrogens with zero attached hydrogens (tertiary/aromatic N) is 4. The average Bonchev–Trinajstić information content (AvgIpc) is 3.16. The highest BCUT2D eigenvalue weighted by Gasteiger charge is 2.20. The SMILES string of the molecule is Cc1cc([N+](=O)[O-])ccc1-n1cc(CNCC2CC2)nn1. The molecule has 1 fully saturated rings. The van der Waals surface area contributed by atoms with Gasteiger partial charge in [0.05, 0.1) is 22.5 Å². The van der Waals surface area contributed by atoms with Crippen LogP contribution in [0.2, 0.25) is 0 Å². The van der Waals surface area contributed by atoms with Gasteiger partial charge in [-0.05, 0) is 43.9 Å². The molecule has 7 heteroatoms. The third-order valence-corrected chi connectivity index (χ3v) is 3.61. The number of benzene rings is 1. The zero-order valence-electron chi connectivity index (χ0n) is 11.8. The Kier molecular flexibility index (Phi) is 3.66. The topological polar surface area (TPSA) is 85.9 Å². The molecule has 1 aromatic heterocycles. The van der Waals surface area contributed by atoms with Gasteiger partial charge in [-0.3, -0.25) is 10.1 Å². The fraction of sp³-hybridized carbons (Fsp3) is 0.429. The molecule has 1 aromatic carbocycles. The van der Waals surface area contributed by atoms with Gasteiger partial charge in [0.1, 0.15) is 0 Å². The highest BCUT2D eigenvalue weighted by atomic mass is 16.6. The van der Waals surface area contributed by atoms with Crippen molar-refractivity contribution in [3.63, 3.8) is 0 Å². The van der Waals surface area contributed by atoms with Crippen molar-refractivity contribution in [2.24, 2.45) is 5.92 Å². The molecule has 0 radical (unpaired) electrons. The summed E-state index contributed by atoms with van der Waals surface area (Å²) in [7, 11) is 0. The molecule has 2 aromatic rings. The fourth-order valence-electron chi connectivity index (χ4n) is 2.23. The lowest BCUT2D eigenvalue weighted by Crippen LogP contribution is -2.16. The van der Waals surface area contributed by atoms with E-state index in [1.165, 1.54) is 18.9 Å². The van der Waals surface area contributed by atoms with E-state index in [4.69, 9.17) is 0 Å². The zero-order valence-corrected chi connectivity index (χ0v) is 11.8. The van der Waals surface area contributed by atoms with E-state index in [1.54, 1.807) is 16.8 Å². The normalized spacial score (nSPS) is 14.3. The van der Waals surface area contributed by atoms with E-state index in [1.807, 2.05) is 13.1 Å². The Morgan fingerprint density at radius 2 is 2.29 bits per heavy atom. The summed E-state index contributed by atoms with van der Waals surface area (Å²) in [6, 6.07) is 4.72. The van der Waals surface area contributed by atoms with E-state index in [-0.39, 0.29) is 5.69 Å². The molecule has 0 spiro atoms. The summed E-state index contributed by atoms with van der Waals surface area (Å²) in [6.45, 7) is 3.56. The minimum atomic E-state index is -0.397. The minimum absolute atomic E-state index is 0.0858. The Labute approximate surface area is 122 Å². The summed E-state index contributed by atoms with van der Waals surface area (Å²) < 4.78 is 1.66. The van der Waals surface area contributed by atoms with Gasteiger partial charge in [0.2, 0.25) is 0 Å². The molecule has 1 N–H and O–H groups in total. The third-order valence-electron chi connectivity index (χ3n) is 3.61. The van der Waals surface area contributed by atoms with Crippen molar-refractivity contribution in [3.05, 3.63) is 45.8 Å². The highest BCUT2D eigenvalue weighted by Crippen LogP contribution is 2.27. The molecule has 1 aliphatic rings. The third kappa shape index (κ3) is 3.25. The second-order valence-electron chi connectivity index (χ2n) is 5.46. The van der Waals surface area contributed by atoms with E-state index in [0.717, 1.165) is 29.4 Å². The van der Waals surface area contributed by atoms with Crippen molar-refractivity contribution in [3.8, 4) is 5.69 Å². The Morgan fingerprint density at radius 3 is 2.95 bits per heavy atom. The van der Waals surface area contributed by atoms with Gasteiger partial charge in [0.25, 0.3) is 5.69 Å². The van der Waals surface area contributed by atoms with Crippen molar-refractivity contribution >= 4 is 5.69 Å². The molecule has 0 atom stereocenters. The van der Waals surface area contributed by atoms with Crippen LogP contribution in [0.15, 0.2) is 24.4 Å². The zero-order chi connectivity index (χ0) is 14.8. The molecule has 0 unspecified atom stereocenters. The summed E-state index contributed by atoms with van der Waals surface area (Å²) in [5.74, 6) is 0.831. The van der Waals surface area contributed by atoms with E-state index >= 15 is 0 Å². The Bertz CT molecular complexity index is 663. The molecule has 21 heavy (non-hydrogen) atoms. The van der Waals surface area contributed by atoms with Crippen molar-refractivity contribution < 1.29 is 4.92 Å². The molecule has 1 heterocycles. The smallest absolute Gasteiger partial charge is 0.269 e. The number of nitro groups is 1. The largest absolute Gasteiger partial charge is 0.311 e. The monoisotopic (exact) mass is 287 g/mol. The minimum Gasteiger partial charge on any atom is -0.311 e. The first-order valence-corrected chi connectivity index (χ1v) is 7.01. The van der Waals surface area contributed by atoms with Gasteiger partial charge in [-0.15, -0.1) is 5.10 Å². The van der Waals surface area contributed by atoms with Crippen LogP contribution >= 0.6 is 0 Å². The number of non-ortho nitro benzene ring substituents is 1. The molecular formula is C14H17N5O2. The van der Waals surface area contributed by atoms with Crippen LogP contribution in [0.4, 0.5) is 5.69 Å². The van der Waals surface area contributed by atoms with Gasteiger partial charge in [-0.1, -0.05) is 5.21 Å². The second kappa shape index (κ2) is 5.61. The molecule has 7 nitrogen and oxygen atoms in total. The lowest BCUT2D eigenvalue weighted by Gasteiger charge is -2.04. The van der Waals surface area contributed by atoms with E-state index in [2.05, 4.69) is 15.6 Å². The number of aromatic nitrogens is 3. The molecule has 0 aliphatic heterocycles. The summed E-state index contributed by atoms with van der Waals surface area (Å²) in [5.41, 5.74) is 2.56. The van der Waals surface area contributed by atoms with Crippen molar-refractivity contribution in [2.75, 3.05) is 6.54 Å². The van der Waals surface area contributed by atoms with Crippen molar-refractivity contribution in [1.29, 1.82) is 0 Å². The van der Waals surface area contributed by atoms with Crippen LogP contribution in [0.1, 0.15) is 24.1 Å². The summed E-state index contributed by atoms with van der Waals surface area (Å²) >= 11 is 0.